The van der Waals surface area contributed by atoms with E-state index in [0.29, 0.717) is 36.8 Å². The van der Waals surface area contributed by atoms with Crippen LogP contribution in [0.2, 0.25) is 0 Å². The normalized spacial score (nSPS) is 16.9. The number of aromatic nitrogens is 3. The number of hydrogen-bond acceptors (Lipinski definition) is 6. The van der Waals surface area contributed by atoms with Gasteiger partial charge in [-0.1, -0.05) is 30.3 Å². The van der Waals surface area contributed by atoms with Gasteiger partial charge in [0.2, 0.25) is 5.95 Å². The zero-order valence-corrected chi connectivity index (χ0v) is 15.8. The molecule has 3 aromatic rings. The molecular weight excluding hydrogens is 354 g/mol. The van der Waals surface area contributed by atoms with Crippen LogP contribution in [0.1, 0.15) is 52.2 Å². The van der Waals surface area contributed by atoms with Crippen LogP contribution in [0.3, 0.4) is 0 Å². The summed E-state index contributed by atoms with van der Waals surface area (Å²) in [5.74, 6) is 1.61. The van der Waals surface area contributed by atoms with Crippen LogP contribution in [0.25, 0.3) is 0 Å². The number of carbonyl (C=O) groups is 1. The number of likely N-dealkylation sites (tertiary alicyclic amines) is 1. The summed E-state index contributed by atoms with van der Waals surface area (Å²) in [7, 11) is 0. The van der Waals surface area contributed by atoms with E-state index in [0.717, 1.165) is 18.6 Å². The largest absolute Gasteiger partial charge is 0.445 e. The highest BCUT2D eigenvalue weighted by atomic mass is 16.4. The summed E-state index contributed by atoms with van der Waals surface area (Å²) in [6.07, 6.45) is 4.34. The fourth-order valence-corrected chi connectivity index (χ4v) is 3.62. The maximum absolute atomic E-state index is 12.9. The second-order valence-corrected chi connectivity index (χ2v) is 7.17. The predicted octanol–water partition coefficient (Wildman–Crippen LogP) is 2.97. The summed E-state index contributed by atoms with van der Waals surface area (Å²) in [5, 5.41) is 0. The maximum atomic E-state index is 12.9. The van der Waals surface area contributed by atoms with Crippen molar-refractivity contribution >= 4 is 11.9 Å². The zero-order chi connectivity index (χ0) is 19.5. The molecule has 2 N–H and O–H groups in total. The van der Waals surface area contributed by atoms with E-state index in [-0.39, 0.29) is 17.8 Å². The summed E-state index contributed by atoms with van der Waals surface area (Å²) >= 11 is 0. The Kier molecular flexibility index (Phi) is 5.06. The summed E-state index contributed by atoms with van der Waals surface area (Å²) in [5.41, 5.74) is 7.89. The number of anilines is 1. The Balaban J connectivity index is 1.46. The minimum absolute atomic E-state index is 0.0857. The Labute approximate surface area is 163 Å². The van der Waals surface area contributed by atoms with Gasteiger partial charge < -0.3 is 15.1 Å². The number of oxazole rings is 1. The fraction of sp³-hybridized carbons (Fsp3) is 0.333. The van der Waals surface area contributed by atoms with Crippen LogP contribution >= 0.6 is 0 Å². The van der Waals surface area contributed by atoms with Crippen molar-refractivity contribution in [2.45, 2.75) is 32.1 Å². The minimum Gasteiger partial charge on any atom is -0.445 e. The van der Waals surface area contributed by atoms with Gasteiger partial charge in [0.25, 0.3) is 5.91 Å². The van der Waals surface area contributed by atoms with Gasteiger partial charge in [0.05, 0.1) is 12.1 Å². The van der Waals surface area contributed by atoms with Crippen molar-refractivity contribution in [1.29, 1.82) is 0 Å². The minimum atomic E-state index is -0.127. The van der Waals surface area contributed by atoms with E-state index in [1.807, 2.05) is 18.2 Å². The Bertz CT molecular complexity index is 950. The van der Waals surface area contributed by atoms with Gasteiger partial charge >= 0.3 is 0 Å². The highest BCUT2D eigenvalue weighted by molar-refractivity contribution is 5.92. The molecule has 3 heterocycles. The Hall–Kier alpha value is -3.22. The summed E-state index contributed by atoms with van der Waals surface area (Å²) in [4.78, 5) is 27.3. The topological polar surface area (TPSA) is 98.1 Å². The van der Waals surface area contributed by atoms with E-state index in [9.17, 15) is 4.79 Å². The number of benzene rings is 1. The van der Waals surface area contributed by atoms with Crippen molar-refractivity contribution in [3.8, 4) is 0 Å². The van der Waals surface area contributed by atoms with Crippen LogP contribution in [0.4, 0.5) is 5.95 Å². The van der Waals surface area contributed by atoms with Crippen molar-refractivity contribution in [2.24, 2.45) is 0 Å². The molecule has 1 aromatic carbocycles. The van der Waals surface area contributed by atoms with Gasteiger partial charge in [-0.15, -0.1) is 0 Å². The smallest absolute Gasteiger partial charge is 0.272 e. The lowest BCUT2D eigenvalue weighted by molar-refractivity contribution is 0.0692. The van der Waals surface area contributed by atoms with Crippen LogP contribution in [-0.2, 0) is 6.42 Å². The van der Waals surface area contributed by atoms with Gasteiger partial charge in [-0.25, -0.2) is 15.0 Å². The third-order valence-corrected chi connectivity index (χ3v) is 4.94. The van der Waals surface area contributed by atoms with E-state index in [2.05, 4.69) is 27.1 Å². The first-order valence-electron chi connectivity index (χ1n) is 9.47. The third-order valence-electron chi connectivity index (χ3n) is 4.94. The van der Waals surface area contributed by atoms with Crippen molar-refractivity contribution in [2.75, 3.05) is 18.8 Å². The number of hydrogen-bond donors (Lipinski definition) is 1. The van der Waals surface area contributed by atoms with E-state index in [1.165, 1.54) is 5.56 Å². The first-order chi connectivity index (χ1) is 13.6. The molecule has 1 aliphatic heterocycles. The van der Waals surface area contributed by atoms with Crippen LogP contribution < -0.4 is 5.73 Å². The number of nitrogens with zero attached hydrogens (tertiary/aromatic N) is 4. The third kappa shape index (κ3) is 4.03. The predicted molar refractivity (Wildman–Crippen MR) is 105 cm³/mol. The molecule has 0 aliphatic carbocycles. The number of nitrogen functional groups attached to an aromatic ring is 1. The van der Waals surface area contributed by atoms with Gasteiger partial charge in [0, 0.05) is 25.2 Å². The number of piperidine rings is 1. The number of rotatable bonds is 4. The molecule has 2 aromatic heterocycles. The average Bonchev–Trinajstić information content (AvgIpc) is 3.16. The summed E-state index contributed by atoms with van der Waals surface area (Å²) < 4.78 is 6.00. The van der Waals surface area contributed by atoms with E-state index in [1.54, 1.807) is 24.1 Å². The molecule has 0 radical (unpaired) electrons. The molecule has 1 amide bonds. The molecule has 28 heavy (non-hydrogen) atoms. The van der Waals surface area contributed by atoms with Crippen molar-refractivity contribution in [1.82, 2.24) is 19.9 Å². The lowest BCUT2D eigenvalue weighted by Crippen LogP contribution is -2.39. The second kappa shape index (κ2) is 7.80. The van der Waals surface area contributed by atoms with Crippen LogP contribution in [0.5, 0.6) is 0 Å². The molecule has 0 spiro atoms. The van der Waals surface area contributed by atoms with Gasteiger partial charge in [-0.3, -0.25) is 4.79 Å². The monoisotopic (exact) mass is 377 g/mol. The summed E-state index contributed by atoms with van der Waals surface area (Å²) in [6, 6.07) is 11.8. The van der Waals surface area contributed by atoms with Crippen LogP contribution in [0, 0.1) is 6.92 Å². The van der Waals surface area contributed by atoms with Crippen molar-refractivity contribution < 1.29 is 9.21 Å². The lowest BCUT2D eigenvalue weighted by Gasteiger charge is -2.31. The molecular formula is C21H23N5O2. The maximum Gasteiger partial charge on any atom is 0.272 e. The molecule has 0 unspecified atom stereocenters. The number of carbonyl (C=O) groups excluding carboxylic acids is 1. The number of nitrogens with two attached hydrogens (primary N) is 1. The molecule has 1 fully saturated rings. The second-order valence-electron chi connectivity index (χ2n) is 7.17. The van der Waals surface area contributed by atoms with E-state index in [4.69, 9.17) is 10.2 Å². The Morgan fingerprint density at radius 3 is 2.89 bits per heavy atom. The Morgan fingerprint density at radius 1 is 1.29 bits per heavy atom. The molecule has 7 nitrogen and oxygen atoms in total. The zero-order valence-electron chi connectivity index (χ0n) is 15.8. The highest BCUT2D eigenvalue weighted by Crippen LogP contribution is 2.28. The highest BCUT2D eigenvalue weighted by Gasteiger charge is 2.29. The molecule has 0 saturated carbocycles. The van der Waals surface area contributed by atoms with Gasteiger partial charge in [-0.05, 0) is 31.4 Å². The molecule has 7 heteroatoms. The lowest BCUT2D eigenvalue weighted by atomic mass is 9.97. The van der Waals surface area contributed by atoms with Gasteiger partial charge in [-0.2, -0.15) is 0 Å². The summed E-state index contributed by atoms with van der Waals surface area (Å²) in [6.45, 7) is 3.05. The molecule has 1 atom stereocenters. The molecule has 1 saturated heterocycles. The standard InChI is InChI=1S/C21H23N5O2/c1-14-10-18(25-21(22)24-14)20(27)26-9-5-8-16(13-26)19-23-12-17(28-19)11-15-6-3-2-4-7-15/h2-4,6-7,10,12,16H,5,8-9,11,13H2,1H3,(H2,22,24,25)/t16-/m1/s1. The van der Waals surface area contributed by atoms with Crippen molar-refractivity contribution in [3.05, 3.63) is 71.2 Å². The van der Waals surface area contributed by atoms with Crippen LogP contribution in [0.15, 0.2) is 47.0 Å². The van der Waals surface area contributed by atoms with Gasteiger partial charge in [0.15, 0.2) is 5.89 Å². The first kappa shape index (κ1) is 18.2. The van der Waals surface area contributed by atoms with Crippen molar-refractivity contribution in [3.63, 3.8) is 0 Å². The number of amides is 1. The van der Waals surface area contributed by atoms with Gasteiger partial charge in [0.1, 0.15) is 11.5 Å². The average molecular weight is 377 g/mol. The van der Waals surface area contributed by atoms with E-state index < -0.39 is 0 Å². The fourth-order valence-electron chi connectivity index (χ4n) is 3.62. The number of aryl methyl sites for hydroxylation is 1. The Morgan fingerprint density at radius 2 is 2.11 bits per heavy atom. The van der Waals surface area contributed by atoms with E-state index >= 15 is 0 Å². The molecule has 1 aliphatic rings. The molecule has 0 bridgehead atoms. The molecule has 144 valence electrons. The SMILES string of the molecule is Cc1cc(C(=O)N2CCC[C@@H](c3ncc(Cc4ccccc4)o3)C2)nc(N)n1. The molecule has 4 rings (SSSR count). The first-order valence-corrected chi connectivity index (χ1v) is 9.47. The van der Waals surface area contributed by atoms with Crippen LogP contribution in [-0.4, -0.2) is 38.8 Å². The quantitative estimate of drug-likeness (QED) is 0.751.